The molecule has 0 spiro atoms. The van der Waals surface area contributed by atoms with Gasteiger partial charge in [0.1, 0.15) is 0 Å². The summed E-state index contributed by atoms with van der Waals surface area (Å²) >= 11 is 0. The Bertz CT molecular complexity index is 1110. The minimum absolute atomic E-state index is 0.204. The maximum absolute atomic E-state index is 13.4. The van der Waals surface area contributed by atoms with Crippen LogP contribution in [-0.4, -0.2) is 47.0 Å². The third kappa shape index (κ3) is 5.68. The molecule has 1 amide bonds. The Morgan fingerprint density at radius 3 is 2.48 bits per heavy atom. The number of rotatable bonds is 7. The van der Waals surface area contributed by atoms with Gasteiger partial charge in [0.2, 0.25) is 0 Å². The number of hydrogen-bond donors (Lipinski definition) is 3. The van der Waals surface area contributed by atoms with Gasteiger partial charge in [0.05, 0.1) is 16.3 Å². The van der Waals surface area contributed by atoms with E-state index >= 15 is 0 Å². The van der Waals surface area contributed by atoms with Gasteiger partial charge in [0.25, 0.3) is 15.9 Å². The second kappa shape index (κ2) is 10.1. The number of nitrogens with zero attached hydrogens (tertiary/aromatic N) is 1. The number of carbonyl (C=O) groups is 1. The monoisotopic (exact) mass is 470 g/mol. The molecule has 1 aliphatic heterocycles. The third-order valence-corrected chi connectivity index (χ3v) is 7.63. The molecule has 4 rings (SSSR count). The Hall–Kier alpha value is -2.58. The van der Waals surface area contributed by atoms with E-state index in [9.17, 15) is 13.2 Å². The van der Waals surface area contributed by atoms with E-state index in [2.05, 4.69) is 20.3 Å². The fourth-order valence-corrected chi connectivity index (χ4v) is 5.54. The highest BCUT2D eigenvalue weighted by atomic mass is 32.2. The Balaban J connectivity index is 1.65. The number of piperazine rings is 1. The number of fused-ring (bicyclic) bond motifs is 1. The van der Waals surface area contributed by atoms with Gasteiger partial charge in [0, 0.05) is 38.3 Å². The van der Waals surface area contributed by atoms with Crippen LogP contribution in [0.1, 0.15) is 48.2 Å². The molecule has 7 nitrogen and oxygen atoms in total. The molecule has 2 aromatic rings. The first-order valence-electron chi connectivity index (χ1n) is 11.9. The molecule has 33 heavy (non-hydrogen) atoms. The van der Waals surface area contributed by atoms with Gasteiger partial charge in [-0.15, -0.1) is 0 Å². The van der Waals surface area contributed by atoms with Crippen molar-refractivity contribution >= 4 is 27.3 Å². The van der Waals surface area contributed by atoms with Gasteiger partial charge in [-0.3, -0.25) is 9.52 Å². The molecule has 0 unspecified atom stereocenters. The highest BCUT2D eigenvalue weighted by molar-refractivity contribution is 7.92. The van der Waals surface area contributed by atoms with Crippen molar-refractivity contribution in [3.05, 3.63) is 53.1 Å². The standard InChI is InChI=1S/C25H34N4O3S/c1-18(2)17-27-25(30)21-8-10-24(29-13-11-26-12-14-29)23(16-21)28-33(31,32)22-9-7-19-5-3-4-6-20(19)15-22/h7-10,15-16,18,26,28H,3-6,11-14,17H2,1-2H3,(H,27,30). The molecule has 0 aromatic heterocycles. The molecule has 1 fully saturated rings. The number of nitrogens with one attached hydrogen (secondary N) is 3. The quantitative estimate of drug-likeness (QED) is 0.578. The Morgan fingerprint density at radius 1 is 1.03 bits per heavy atom. The third-order valence-electron chi connectivity index (χ3n) is 6.26. The van der Waals surface area contributed by atoms with E-state index in [0.717, 1.165) is 63.1 Å². The van der Waals surface area contributed by atoms with Crippen molar-refractivity contribution in [2.75, 3.05) is 42.3 Å². The van der Waals surface area contributed by atoms with Crippen LogP contribution in [0.5, 0.6) is 0 Å². The van der Waals surface area contributed by atoms with Gasteiger partial charge in [-0.25, -0.2) is 8.42 Å². The van der Waals surface area contributed by atoms with Crippen LogP contribution in [0.2, 0.25) is 0 Å². The van der Waals surface area contributed by atoms with Gasteiger partial charge in [-0.2, -0.15) is 0 Å². The summed E-state index contributed by atoms with van der Waals surface area (Å²) in [6, 6.07) is 10.7. The average Bonchev–Trinajstić information content (AvgIpc) is 2.82. The number of sulfonamides is 1. The highest BCUT2D eigenvalue weighted by Crippen LogP contribution is 2.31. The smallest absolute Gasteiger partial charge is 0.261 e. The lowest BCUT2D eigenvalue weighted by Gasteiger charge is -2.31. The second-order valence-corrected chi connectivity index (χ2v) is 11.0. The van der Waals surface area contributed by atoms with Crippen molar-refractivity contribution in [2.24, 2.45) is 5.92 Å². The van der Waals surface area contributed by atoms with Crippen LogP contribution >= 0.6 is 0 Å². The number of amides is 1. The van der Waals surface area contributed by atoms with Crippen LogP contribution in [0.25, 0.3) is 0 Å². The predicted molar refractivity (Wildman–Crippen MR) is 133 cm³/mol. The Morgan fingerprint density at radius 2 is 1.76 bits per heavy atom. The lowest BCUT2D eigenvalue weighted by atomic mass is 9.92. The zero-order valence-corrected chi connectivity index (χ0v) is 20.3. The first-order valence-corrected chi connectivity index (χ1v) is 13.3. The van der Waals surface area contributed by atoms with E-state index in [4.69, 9.17) is 0 Å². The summed E-state index contributed by atoms with van der Waals surface area (Å²) in [5, 5.41) is 6.23. The van der Waals surface area contributed by atoms with Gasteiger partial charge in [0.15, 0.2) is 0 Å². The fourth-order valence-electron chi connectivity index (χ4n) is 4.42. The maximum atomic E-state index is 13.4. The Kier molecular flexibility index (Phi) is 7.24. The number of anilines is 2. The second-order valence-electron chi connectivity index (χ2n) is 9.32. The van der Waals surface area contributed by atoms with Crippen molar-refractivity contribution in [3.63, 3.8) is 0 Å². The number of carbonyl (C=O) groups excluding carboxylic acids is 1. The van der Waals surface area contributed by atoms with Crippen LogP contribution in [-0.2, 0) is 22.9 Å². The molecule has 3 N–H and O–H groups in total. The van der Waals surface area contributed by atoms with Gasteiger partial charge in [-0.1, -0.05) is 19.9 Å². The highest BCUT2D eigenvalue weighted by Gasteiger charge is 2.23. The SMILES string of the molecule is CC(C)CNC(=O)c1ccc(N2CCNCC2)c(NS(=O)(=O)c2ccc3c(c2)CCCC3)c1. The average molecular weight is 471 g/mol. The zero-order chi connectivity index (χ0) is 23.4. The van der Waals surface area contributed by atoms with Gasteiger partial charge in [-0.05, 0) is 73.1 Å². The summed E-state index contributed by atoms with van der Waals surface area (Å²) < 4.78 is 29.5. The van der Waals surface area contributed by atoms with Gasteiger partial charge < -0.3 is 15.5 Å². The van der Waals surface area contributed by atoms with Crippen LogP contribution in [0, 0.1) is 5.92 Å². The van der Waals surface area contributed by atoms with Crippen LogP contribution in [0.4, 0.5) is 11.4 Å². The zero-order valence-electron chi connectivity index (χ0n) is 19.5. The normalized spacial score (nSPS) is 16.4. The van der Waals surface area contributed by atoms with E-state index in [1.54, 1.807) is 24.3 Å². The summed E-state index contributed by atoms with van der Waals surface area (Å²) in [5.41, 5.74) is 4.03. The van der Waals surface area contributed by atoms with Crippen molar-refractivity contribution < 1.29 is 13.2 Å². The van der Waals surface area contributed by atoms with E-state index in [1.165, 1.54) is 5.56 Å². The van der Waals surface area contributed by atoms with Crippen LogP contribution in [0.15, 0.2) is 41.3 Å². The summed E-state index contributed by atoms with van der Waals surface area (Å²) in [5.74, 6) is 0.126. The summed E-state index contributed by atoms with van der Waals surface area (Å²) in [6.45, 7) is 7.83. The van der Waals surface area contributed by atoms with E-state index in [-0.39, 0.29) is 10.8 Å². The first kappa shape index (κ1) is 23.6. The topological polar surface area (TPSA) is 90.5 Å². The maximum Gasteiger partial charge on any atom is 0.261 e. The lowest BCUT2D eigenvalue weighted by Crippen LogP contribution is -2.43. The molecule has 0 saturated carbocycles. The largest absolute Gasteiger partial charge is 0.367 e. The summed E-state index contributed by atoms with van der Waals surface area (Å²) in [6.07, 6.45) is 4.15. The minimum Gasteiger partial charge on any atom is -0.367 e. The molecule has 178 valence electrons. The summed E-state index contributed by atoms with van der Waals surface area (Å²) in [4.78, 5) is 15.1. The molecule has 8 heteroatoms. The van der Waals surface area contributed by atoms with E-state index < -0.39 is 10.0 Å². The fraction of sp³-hybridized carbons (Fsp3) is 0.480. The number of benzene rings is 2. The molecule has 1 heterocycles. The first-order chi connectivity index (χ1) is 15.8. The molecular weight excluding hydrogens is 436 g/mol. The molecule has 2 aliphatic rings. The molecule has 0 radical (unpaired) electrons. The van der Waals surface area contributed by atoms with Crippen LogP contribution in [0.3, 0.4) is 0 Å². The molecule has 1 saturated heterocycles. The number of aryl methyl sites for hydroxylation is 2. The number of hydrogen-bond acceptors (Lipinski definition) is 5. The molecule has 0 atom stereocenters. The lowest BCUT2D eigenvalue weighted by molar-refractivity contribution is 0.0949. The molecular formula is C25H34N4O3S. The van der Waals surface area contributed by atoms with Crippen molar-refractivity contribution in [1.29, 1.82) is 0 Å². The van der Waals surface area contributed by atoms with Crippen molar-refractivity contribution in [3.8, 4) is 0 Å². The molecule has 2 aromatic carbocycles. The Labute approximate surface area is 197 Å². The molecule has 1 aliphatic carbocycles. The molecule has 0 bridgehead atoms. The summed E-state index contributed by atoms with van der Waals surface area (Å²) in [7, 11) is -3.80. The van der Waals surface area contributed by atoms with Crippen LogP contribution < -0.4 is 20.3 Å². The van der Waals surface area contributed by atoms with E-state index in [0.29, 0.717) is 23.7 Å². The predicted octanol–water partition coefficient (Wildman–Crippen LogP) is 3.16. The minimum atomic E-state index is -3.80. The van der Waals surface area contributed by atoms with Crippen molar-refractivity contribution in [2.45, 2.75) is 44.4 Å². The van der Waals surface area contributed by atoms with Crippen molar-refractivity contribution in [1.82, 2.24) is 10.6 Å². The van der Waals surface area contributed by atoms with E-state index in [1.807, 2.05) is 26.0 Å². The van der Waals surface area contributed by atoms with Gasteiger partial charge >= 0.3 is 0 Å².